The van der Waals surface area contributed by atoms with Gasteiger partial charge in [-0.2, -0.15) is 5.26 Å². The van der Waals surface area contributed by atoms with Crippen LogP contribution >= 0.6 is 11.6 Å². The topological polar surface area (TPSA) is 85.4 Å². The molecule has 0 fully saturated rings. The molecule has 35 heavy (non-hydrogen) atoms. The summed E-state index contributed by atoms with van der Waals surface area (Å²) >= 11 is 6.59. The summed E-state index contributed by atoms with van der Waals surface area (Å²) in [7, 11) is 0. The second-order valence-corrected chi connectivity index (χ2v) is 8.07. The van der Waals surface area contributed by atoms with Gasteiger partial charge in [-0.3, -0.25) is 10.1 Å². The van der Waals surface area contributed by atoms with Gasteiger partial charge in [-0.1, -0.05) is 54.1 Å². The molecule has 0 heterocycles. The summed E-state index contributed by atoms with van der Waals surface area (Å²) in [5.74, 6) is 0.889. The number of hydrogen-bond acceptors (Lipinski definition) is 5. The molecule has 0 saturated heterocycles. The number of non-ortho nitro benzene ring substituents is 1. The van der Waals surface area contributed by atoms with E-state index in [4.69, 9.17) is 21.1 Å². The Morgan fingerprint density at radius 3 is 2.51 bits per heavy atom. The van der Waals surface area contributed by atoms with E-state index in [1.165, 1.54) is 12.1 Å². The lowest BCUT2D eigenvalue weighted by atomic mass is 10.0. The molecule has 0 aliphatic rings. The van der Waals surface area contributed by atoms with E-state index in [0.717, 1.165) is 16.3 Å². The Hall–Kier alpha value is -4.34. The van der Waals surface area contributed by atoms with E-state index < -0.39 is 4.92 Å². The summed E-state index contributed by atoms with van der Waals surface area (Å²) in [6, 6.07) is 25.6. The van der Waals surface area contributed by atoms with Crippen molar-refractivity contribution < 1.29 is 14.4 Å². The summed E-state index contributed by atoms with van der Waals surface area (Å²) in [5, 5.41) is 23.2. The number of nitriles is 1. The van der Waals surface area contributed by atoms with Gasteiger partial charge in [0.15, 0.2) is 11.5 Å². The fourth-order valence-electron chi connectivity index (χ4n) is 3.75. The van der Waals surface area contributed by atoms with Crippen LogP contribution in [0.2, 0.25) is 5.02 Å². The van der Waals surface area contributed by atoms with Crippen LogP contribution in [0.5, 0.6) is 11.5 Å². The normalized spacial score (nSPS) is 11.2. The highest BCUT2D eigenvalue weighted by Crippen LogP contribution is 2.38. The first-order valence-corrected chi connectivity index (χ1v) is 11.3. The highest BCUT2D eigenvalue weighted by Gasteiger charge is 2.14. The van der Waals surface area contributed by atoms with Crippen molar-refractivity contribution in [3.8, 4) is 17.6 Å². The molecule has 0 N–H and O–H groups in total. The quantitative estimate of drug-likeness (QED) is 0.112. The predicted molar refractivity (Wildman–Crippen MR) is 137 cm³/mol. The minimum Gasteiger partial charge on any atom is -0.490 e. The number of halogens is 1. The second-order valence-electron chi connectivity index (χ2n) is 7.66. The molecule has 4 aromatic carbocycles. The third-order valence-electron chi connectivity index (χ3n) is 5.40. The van der Waals surface area contributed by atoms with Gasteiger partial charge in [0.25, 0.3) is 5.69 Å². The lowest BCUT2D eigenvalue weighted by Crippen LogP contribution is -2.01. The predicted octanol–water partition coefficient (Wildman–Crippen LogP) is 7.44. The average Bonchev–Trinajstić information content (AvgIpc) is 2.87. The molecule has 6 nitrogen and oxygen atoms in total. The van der Waals surface area contributed by atoms with E-state index in [-0.39, 0.29) is 5.69 Å². The lowest BCUT2D eigenvalue weighted by molar-refractivity contribution is -0.384. The molecule has 174 valence electrons. The van der Waals surface area contributed by atoms with Crippen LogP contribution in [0.25, 0.3) is 22.4 Å². The lowest BCUT2D eigenvalue weighted by Gasteiger charge is -2.15. The number of allylic oxidation sites excluding steroid dienone is 1. The molecule has 0 unspecified atom stereocenters. The second kappa shape index (κ2) is 10.7. The van der Waals surface area contributed by atoms with Crippen LogP contribution in [-0.2, 0) is 6.61 Å². The highest BCUT2D eigenvalue weighted by molar-refractivity contribution is 6.32. The molecule has 0 radical (unpaired) electrons. The summed E-state index contributed by atoms with van der Waals surface area (Å²) in [6.45, 7) is 2.58. The van der Waals surface area contributed by atoms with Crippen LogP contribution in [0.4, 0.5) is 5.69 Å². The van der Waals surface area contributed by atoms with Gasteiger partial charge >= 0.3 is 0 Å². The Kier molecular flexibility index (Phi) is 7.30. The highest BCUT2D eigenvalue weighted by atomic mass is 35.5. The molecule has 0 saturated carbocycles. The van der Waals surface area contributed by atoms with E-state index >= 15 is 0 Å². The van der Waals surface area contributed by atoms with Crippen molar-refractivity contribution in [2.75, 3.05) is 6.61 Å². The summed E-state index contributed by atoms with van der Waals surface area (Å²) in [5.41, 5.74) is 2.52. The zero-order valence-electron chi connectivity index (χ0n) is 18.9. The standard InChI is InChI=1S/C28H21ClN2O4/c1-2-34-27-16-19(14-23(17-30)20-10-12-24(13-11-20)31(32)33)15-26(29)28(27)35-18-22-8-5-7-21-6-3-4-9-25(21)22/h3-16H,2,18H2,1H3/b23-14-. The number of fused-ring (bicyclic) bond motifs is 1. The van der Waals surface area contributed by atoms with Crippen molar-refractivity contribution >= 4 is 39.7 Å². The molecule has 0 aromatic heterocycles. The van der Waals surface area contributed by atoms with Crippen molar-refractivity contribution in [2.24, 2.45) is 0 Å². The average molecular weight is 485 g/mol. The maximum atomic E-state index is 10.9. The minimum absolute atomic E-state index is 0.0413. The third kappa shape index (κ3) is 5.43. The number of rotatable bonds is 8. The van der Waals surface area contributed by atoms with Gasteiger partial charge in [0.2, 0.25) is 0 Å². The first kappa shape index (κ1) is 23.8. The van der Waals surface area contributed by atoms with E-state index in [1.54, 1.807) is 30.3 Å². The first-order valence-electron chi connectivity index (χ1n) is 10.9. The number of nitro groups is 1. The molecule has 7 heteroatoms. The van der Waals surface area contributed by atoms with Crippen molar-refractivity contribution in [1.29, 1.82) is 5.26 Å². The smallest absolute Gasteiger partial charge is 0.269 e. The molecular formula is C28H21ClN2O4. The van der Waals surface area contributed by atoms with Crippen molar-refractivity contribution in [3.05, 3.63) is 111 Å². The number of benzene rings is 4. The van der Waals surface area contributed by atoms with Crippen LogP contribution in [0.1, 0.15) is 23.6 Å². The maximum Gasteiger partial charge on any atom is 0.269 e. The Morgan fingerprint density at radius 2 is 1.80 bits per heavy atom. The Bertz CT molecular complexity index is 1450. The first-order chi connectivity index (χ1) is 17.0. The zero-order valence-corrected chi connectivity index (χ0v) is 19.7. The van der Waals surface area contributed by atoms with Crippen molar-refractivity contribution in [1.82, 2.24) is 0 Å². The fraction of sp³-hybridized carbons (Fsp3) is 0.107. The summed E-state index contributed by atoms with van der Waals surface area (Å²) < 4.78 is 11.9. The van der Waals surface area contributed by atoms with Gasteiger partial charge in [0, 0.05) is 12.1 Å². The molecule has 4 rings (SSSR count). The van der Waals surface area contributed by atoms with E-state index in [9.17, 15) is 15.4 Å². The van der Waals surface area contributed by atoms with Crippen LogP contribution < -0.4 is 9.47 Å². The molecule has 4 aromatic rings. The van der Waals surface area contributed by atoms with Crippen LogP contribution in [0.3, 0.4) is 0 Å². The SMILES string of the molecule is CCOc1cc(/C=C(/C#N)c2ccc([N+](=O)[O-])cc2)cc(Cl)c1OCc1cccc2ccccc12. The molecule has 0 amide bonds. The molecular weight excluding hydrogens is 464 g/mol. The van der Waals surface area contributed by atoms with E-state index in [2.05, 4.69) is 24.3 Å². The monoisotopic (exact) mass is 484 g/mol. The van der Waals surface area contributed by atoms with E-state index in [1.807, 2.05) is 31.2 Å². The number of nitrogens with zero attached hydrogens (tertiary/aromatic N) is 2. The van der Waals surface area contributed by atoms with Gasteiger partial charge in [-0.15, -0.1) is 0 Å². The minimum atomic E-state index is -0.481. The number of nitro benzene ring substituents is 1. The largest absolute Gasteiger partial charge is 0.490 e. The van der Waals surface area contributed by atoms with E-state index in [0.29, 0.717) is 46.4 Å². The van der Waals surface area contributed by atoms with Gasteiger partial charge in [0.05, 0.1) is 28.2 Å². The Labute approximate surface area is 207 Å². The van der Waals surface area contributed by atoms with Gasteiger partial charge in [-0.25, -0.2) is 0 Å². The number of ether oxygens (including phenoxy) is 2. The molecule has 0 atom stereocenters. The van der Waals surface area contributed by atoms with Crippen molar-refractivity contribution in [3.63, 3.8) is 0 Å². The maximum absolute atomic E-state index is 10.9. The third-order valence-corrected chi connectivity index (χ3v) is 5.68. The molecule has 0 spiro atoms. The summed E-state index contributed by atoms with van der Waals surface area (Å²) in [4.78, 5) is 10.4. The Morgan fingerprint density at radius 1 is 1.06 bits per heavy atom. The molecule has 0 bridgehead atoms. The number of hydrogen-bond donors (Lipinski definition) is 0. The van der Waals surface area contributed by atoms with Gasteiger partial charge in [0.1, 0.15) is 6.61 Å². The molecule has 0 aliphatic carbocycles. The Balaban J connectivity index is 1.64. The zero-order chi connectivity index (χ0) is 24.8. The van der Waals surface area contributed by atoms with Crippen LogP contribution in [0, 0.1) is 21.4 Å². The van der Waals surface area contributed by atoms with Gasteiger partial charge < -0.3 is 9.47 Å². The van der Waals surface area contributed by atoms with Crippen LogP contribution in [-0.4, -0.2) is 11.5 Å². The van der Waals surface area contributed by atoms with Crippen molar-refractivity contribution in [2.45, 2.75) is 13.5 Å². The van der Waals surface area contributed by atoms with Gasteiger partial charge in [-0.05, 0) is 64.7 Å². The molecule has 0 aliphatic heterocycles. The fourth-order valence-corrected chi connectivity index (χ4v) is 4.03. The van der Waals surface area contributed by atoms with Crippen LogP contribution in [0.15, 0.2) is 78.9 Å². The summed E-state index contributed by atoms with van der Waals surface area (Å²) in [6.07, 6.45) is 1.66.